The summed E-state index contributed by atoms with van der Waals surface area (Å²) >= 11 is 0. The van der Waals surface area contributed by atoms with Gasteiger partial charge in [-0.2, -0.15) is 21.9 Å². The number of phenols is 1. The minimum absolute atomic E-state index is 0.148. The van der Waals surface area contributed by atoms with E-state index in [1.54, 1.807) is 6.07 Å². The maximum absolute atomic E-state index is 11.9. The average molecular weight is 542 g/mol. The number of nitrogens with zero attached hydrogens (tertiary/aromatic N) is 2. The van der Waals surface area contributed by atoms with Crippen molar-refractivity contribution in [3.05, 3.63) is 71.3 Å². The van der Waals surface area contributed by atoms with Gasteiger partial charge >= 0.3 is 0 Å². The fourth-order valence-corrected chi connectivity index (χ4v) is 5.38. The molecule has 0 aromatic heterocycles. The number of hydrogen-bond acceptors (Lipinski definition) is 8. The van der Waals surface area contributed by atoms with Crippen molar-refractivity contribution in [3.8, 4) is 16.9 Å². The number of fused-ring (bicyclic) bond motifs is 1. The molecule has 0 saturated carbocycles. The SMILES string of the molecule is Cc1ccc(-c2ccc(N=Nc3ccc4c(S(=O)(=O)O)cc(S(=O)(=O)O)c(N)c4c3O)c(C)c2)cc1C. The minimum atomic E-state index is -5.00. The summed E-state index contributed by atoms with van der Waals surface area (Å²) in [6.07, 6.45) is 0. The second-order valence-corrected chi connectivity index (χ2v) is 11.4. The first-order chi connectivity index (χ1) is 17.2. The quantitative estimate of drug-likeness (QED) is 0.142. The van der Waals surface area contributed by atoms with Gasteiger partial charge in [-0.25, -0.2) is 0 Å². The molecule has 0 saturated heterocycles. The summed E-state index contributed by atoms with van der Waals surface area (Å²) in [5, 5.41) is 18.3. The molecule has 4 aromatic rings. The Hall–Kier alpha value is -3.84. The van der Waals surface area contributed by atoms with Gasteiger partial charge in [0.25, 0.3) is 20.2 Å². The van der Waals surface area contributed by atoms with E-state index in [0.29, 0.717) is 11.8 Å². The van der Waals surface area contributed by atoms with Gasteiger partial charge < -0.3 is 10.8 Å². The molecule has 0 aliphatic rings. The summed E-state index contributed by atoms with van der Waals surface area (Å²) < 4.78 is 66.3. The summed E-state index contributed by atoms with van der Waals surface area (Å²) in [7, 11) is -9.94. The van der Waals surface area contributed by atoms with Gasteiger partial charge in [0.2, 0.25) is 0 Å². The van der Waals surface area contributed by atoms with Crippen molar-refractivity contribution in [1.82, 2.24) is 0 Å². The van der Waals surface area contributed by atoms with Crippen molar-refractivity contribution < 1.29 is 31.0 Å². The zero-order valence-electron chi connectivity index (χ0n) is 20.0. The van der Waals surface area contributed by atoms with E-state index in [4.69, 9.17) is 5.73 Å². The molecule has 0 amide bonds. The molecule has 5 N–H and O–H groups in total. The first-order valence-electron chi connectivity index (χ1n) is 10.8. The topological polar surface area (TPSA) is 180 Å². The molecule has 4 aromatic carbocycles. The lowest BCUT2D eigenvalue weighted by Gasteiger charge is -2.13. The van der Waals surface area contributed by atoms with Crippen LogP contribution in [-0.4, -0.2) is 31.0 Å². The molecule has 0 bridgehead atoms. The fraction of sp³-hybridized carbons (Fsp3) is 0.120. The molecule has 0 heterocycles. The molecule has 0 aliphatic carbocycles. The Kier molecular flexibility index (Phi) is 6.54. The smallest absolute Gasteiger partial charge is 0.296 e. The van der Waals surface area contributed by atoms with Crippen LogP contribution in [0.2, 0.25) is 0 Å². The van der Waals surface area contributed by atoms with Crippen molar-refractivity contribution in [3.63, 3.8) is 0 Å². The Balaban J connectivity index is 1.81. The second kappa shape index (κ2) is 9.23. The second-order valence-electron chi connectivity index (χ2n) is 8.59. The van der Waals surface area contributed by atoms with Crippen LogP contribution in [0.15, 0.2) is 74.6 Å². The molecule has 0 fully saturated rings. The molecule has 0 atom stereocenters. The molecule has 192 valence electrons. The normalized spacial score (nSPS) is 12.5. The Bertz CT molecular complexity index is 1830. The summed E-state index contributed by atoms with van der Waals surface area (Å²) in [4.78, 5) is -1.85. The van der Waals surface area contributed by atoms with Gasteiger partial charge in [0.05, 0.1) is 16.8 Å². The summed E-state index contributed by atoms with van der Waals surface area (Å²) in [5.74, 6) is -0.682. The van der Waals surface area contributed by atoms with Crippen LogP contribution in [0.25, 0.3) is 21.9 Å². The van der Waals surface area contributed by atoms with E-state index >= 15 is 0 Å². The molecular weight excluding hydrogens is 518 g/mol. The molecule has 0 unspecified atom stereocenters. The van der Waals surface area contributed by atoms with Crippen LogP contribution in [0.5, 0.6) is 5.75 Å². The van der Waals surface area contributed by atoms with E-state index in [1.165, 1.54) is 23.3 Å². The van der Waals surface area contributed by atoms with E-state index in [-0.39, 0.29) is 11.1 Å². The zero-order chi connectivity index (χ0) is 27.3. The Morgan fingerprint density at radius 3 is 1.78 bits per heavy atom. The number of rotatable bonds is 5. The van der Waals surface area contributed by atoms with E-state index in [2.05, 4.69) is 16.3 Å². The Morgan fingerprint density at radius 2 is 1.22 bits per heavy atom. The van der Waals surface area contributed by atoms with Crippen LogP contribution in [0.4, 0.5) is 17.1 Å². The average Bonchev–Trinajstić information content (AvgIpc) is 2.79. The third-order valence-corrected chi connectivity index (χ3v) is 7.86. The van der Waals surface area contributed by atoms with Gasteiger partial charge in [0.15, 0.2) is 5.75 Å². The molecule has 37 heavy (non-hydrogen) atoms. The van der Waals surface area contributed by atoms with E-state index < -0.39 is 46.9 Å². The van der Waals surface area contributed by atoms with Crippen LogP contribution in [0, 0.1) is 20.8 Å². The Morgan fingerprint density at radius 1 is 0.676 bits per heavy atom. The highest BCUT2D eigenvalue weighted by molar-refractivity contribution is 7.87. The monoisotopic (exact) mass is 541 g/mol. The third kappa shape index (κ3) is 5.04. The van der Waals surface area contributed by atoms with Gasteiger partial charge in [-0.1, -0.05) is 30.3 Å². The van der Waals surface area contributed by atoms with Gasteiger partial charge in [-0.15, -0.1) is 5.11 Å². The molecular formula is C25H23N3O7S2. The summed E-state index contributed by atoms with van der Waals surface area (Å²) in [5.41, 5.74) is 10.8. The van der Waals surface area contributed by atoms with Gasteiger partial charge in [-0.05, 0) is 72.9 Å². The van der Waals surface area contributed by atoms with Crippen LogP contribution in [-0.2, 0) is 20.2 Å². The number of phenolic OH excluding ortho intramolecular Hbond substituents is 1. The highest BCUT2D eigenvalue weighted by Gasteiger charge is 2.26. The van der Waals surface area contributed by atoms with Crippen LogP contribution >= 0.6 is 0 Å². The van der Waals surface area contributed by atoms with Gasteiger partial charge in [0.1, 0.15) is 15.5 Å². The standard InChI is InChI=1S/C25H23N3O7S2/c1-13-4-5-16(10-14(13)2)17-6-8-19(15(3)11-17)27-28-20-9-7-18-21(36(30,31)32)12-22(37(33,34)35)24(26)23(18)25(20)29/h4-12,29H,26H2,1-3H3,(H,30,31,32)(H,33,34,35). The van der Waals surface area contributed by atoms with Crippen LogP contribution in [0.1, 0.15) is 16.7 Å². The number of hydrogen-bond donors (Lipinski definition) is 4. The first kappa shape index (κ1) is 26.2. The summed E-state index contributed by atoms with van der Waals surface area (Å²) in [6.45, 7) is 5.92. The largest absolute Gasteiger partial charge is 0.505 e. The third-order valence-electron chi connectivity index (χ3n) is 6.08. The van der Waals surface area contributed by atoms with E-state index in [9.17, 15) is 31.0 Å². The highest BCUT2D eigenvalue weighted by Crippen LogP contribution is 2.43. The van der Waals surface area contributed by atoms with Gasteiger partial charge in [-0.3, -0.25) is 9.11 Å². The van der Waals surface area contributed by atoms with Crippen LogP contribution in [0.3, 0.4) is 0 Å². The fourth-order valence-electron chi connectivity index (χ4n) is 3.94. The lowest BCUT2D eigenvalue weighted by molar-refractivity contribution is 0.481. The molecule has 0 spiro atoms. The number of azo groups is 1. The number of aryl methyl sites for hydroxylation is 3. The molecule has 12 heteroatoms. The van der Waals surface area contributed by atoms with Gasteiger partial charge in [0, 0.05) is 5.39 Å². The van der Waals surface area contributed by atoms with Crippen molar-refractivity contribution in [2.75, 3.05) is 5.73 Å². The Labute approximate surface area is 213 Å². The molecule has 0 radical (unpaired) electrons. The zero-order valence-corrected chi connectivity index (χ0v) is 21.6. The number of benzene rings is 4. The predicted molar refractivity (Wildman–Crippen MR) is 140 cm³/mol. The molecule has 10 nitrogen and oxygen atoms in total. The maximum atomic E-state index is 11.9. The van der Waals surface area contributed by atoms with E-state index in [1.807, 2.05) is 45.0 Å². The van der Waals surface area contributed by atoms with Crippen molar-refractivity contribution in [1.29, 1.82) is 0 Å². The lowest BCUT2D eigenvalue weighted by atomic mass is 9.99. The lowest BCUT2D eigenvalue weighted by Crippen LogP contribution is -2.08. The van der Waals surface area contributed by atoms with Crippen molar-refractivity contribution in [2.45, 2.75) is 30.6 Å². The van der Waals surface area contributed by atoms with Crippen molar-refractivity contribution in [2.24, 2.45) is 10.2 Å². The molecule has 4 rings (SSSR count). The predicted octanol–water partition coefficient (Wildman–Crippen LogP) is 5.63. The number of anilines is 1. The maximum Gasteiger partial charge on any atom is 0.296 e. The van der Waals surface area contributed by atoms with Crippen LogP contribution < -0.4 is 5.73 Å². The summed E-state index contributed by atoms with van der Waals surface area (Å²) in [6, 6.07) is 14.7. The van der Waals surface area contributed by atoms with Crippen molar-refractivity contribution >= 4 is 48.1 Å². The highest BCUT2D eigenvalue weighted by atomic mass is 32.2. The number of aromatic hydroxyl groups is 1. The van der Waals surface area contributed by atoms with E-state index in [0.717, 1.165) is 16.7 Å². The number of nitrogen functional groups attached to an aromatic ring is 1. The number of nitrogens with two attached hydrogens (primary N) is 1. The molecule has 0 aliphatic heterocycles. The minimum Gasteiger partial charge on any atom is -0.505 e. The first-order valence-corrected chi connectivity index (χ1v) is 13.7.